The van der Waals surface area contributed by atoms with Crippen LogP contribution in [0.15, 0.2) is 47.4 Å². The molecule has 0 spiro atoms. The van der Waals surface area contributed by atoms with Crippen LogP contribution in [0.2, 0.25) is 0 Å². The van der Waals surface area contributed by atoms with Gasteiger partial charge in [0.25, 0.3) is 0 Å². The summed E-state index contributed by atoms with van der Waals surface area (Å²) in [5, 5.41) is 2.71. The predicted octanol–water partition coefficient (Wildman–Crippen LogP) is 3.26. The van der Waals surface area contributed by atoms with E-state index in [1.54, 1.807) is 0 Å². The van der Waals surface area contributed by atoms with E-state index in [-0.39, 0.29) is 18.9 Å². The van der Waals surface area contributed by atoms with E-state index in [0.717, 1.165) is 30.9 Å². The molecule has 1 amide bonds. The lowest BCUT2D eigenvalue weighted by atomic mass is 10.1. The van der Waals surface area contributed by atoms with Crippen LogP contribution in [0.25, 0.3) is 0 Å². The molecule has 6 nitrogen and oxygen atoms in total. The minimum atomic E-state index is -4.03. The molecule has 0 bridgehead atoms. The van der Waals surface area contributed by atoms with Gasteiger partial charge in [-0.3, -0.25) is 4.79 Å². The molecule has 0 aliphatic carbocycles. The quantitative estimate of drug-likeness (QED) is 0.717. The van der Waals surface area contributed by atoms with E-state index in [1.165, 1.54) is 19.3 Å². The van der Waals surface area contributed by atoms with E-state index in [2.05, 4.69) is 14.9 Å². The smallest absolute Gasteiger partial charge is 0.240 e. The Morgan fingerprint density at radius 1 is 0.966 bits per heavy atom. The van der Waals surface area contributed by atoms with Gasteiger partial charge in [0.05, 0.1) is 4.90 Å². The molecular weight excluding hydrogens is 400 g/mol. The average molecular weight is 423 g/mol. The van der Waals surface area contributed by atoms with E-state index in [1.807, 2.05) is 24.3 Å². The fraction of sp³-hybridized carbons (Fsp3) is 0.350. The summed E-state index contributed by atoms with van der Waals surface area (Å²) >= 11 is 0. The van der Waals surface area contributed by atoms with Crippen molar-refractivity contribution in [3.8, 4) is 0 Å². The number of benzene rings is 2. The first-order valence-electron chi connectivity index (χ1n) is 9.45. The lowest BCUT2D eigenvalue weighted by Gasteiger charge is -2.28. The number of nitrogens with zero attached hydrogens (tertiary/aromatic N) is 1. The summed E-state index contributed by atoms with van der Waals surface area (Å²) in [4.78, 5) is 14.0. The second-order valence-electron chi connectivity index (χ2n) is 6.87. The number of carbonyl (C=O) groups is 1. The summed E-state index contributed by atoms with van der Waals surface area (Å²) in [5.41, 5.74) is 1.74. The largest absolute Gasteiger partial charge is 0.372 e. The van der Waals surface area contributed by atoms with Crippen LogP contribution < -0.4 is 14.9 Å². The first-order valence-corrected chi connectivity index (χ1v) is 10.9. The number of halogens is 2. The fourth-order valence-corrected chi connectivity index (χ4v) is 4.20. The van der Waals surface area contributed by atoms with Gasteiger partial charge in [0.2, 0.25) is 15.9 Å². The highest BCUT2D eigenvalue weighted by molar-refractivity contribution is 7.89. The Labute approximate surface area is 169 Å². The molecule has 1 aliphatic heterocycles. The number of amides is 1. The zero-order valence-electron chi connectivity index (χ0n) is 15.8. The summed E-state index contributed by atoms with van der Waals surface area (Å²) in [5.74, 6) is -2.74. The van der Waals surface area contributed by atoms with Crippen molar-refractivity contribution < 1.29 is 22.0 Å². The highest BCUT2D eigenvalue weighted by atomic mass is 32.2. The van der Waals surface area contributed by atoms with E-state index in [9.17, 15) is 22.0 Å². The topological polar surface area (TPSA) is 78.5 Å². The van der Waals surface area contributed by atoms with Crippen molar-refractivity contribution in [1.29, 1.82) is 0 Å². The molecule has 156 valence electrons. The maximum Gasteiger partial charge on any atom is 0.240 e. The Balaban J connectivity index is 1.48. The van der Waals surface area contributed by atoms with Crippen LogP contribution in [0, 0.1) is 11.6 Å². The van der Waals surface area contributed by atoms with Gasteiger partial charge >= 0.3 is 0 Å². The first kappa shape index (κ1) is 21.2. The molecule has 1 aliphatic rings. The van der Waals surface area contributed by atoms with Crippen LogP contribution in [0.3, 0.4) is 0 Å². The zero-order chi connectivity index (χ0) is 20.9. The summed E-state index contributed by atoms with van der Waals surface area (Å²) in [6.45, 7) is 1.90. The van der Waals surface area contributed by atoms with E-state index in [4.69, 9.17) is 0 Å². The minimum Gasteiger partial charge on any atom is -0.372 e. The lowest BCUT2D eigenvalue weighted by molar-refractivity contribution is -0.116. The normalized spacial score (nSPS) is 14.6. The van der Waals surface area contributed by atoms with Gasteiger partial charge in [-0.1, -0.05) is 0 Å². The summed E-state index contributed by atoms with van der Waals surface area (Å²) in [6, 6.07) is 9.83. The summed E-state index contributed by atoms with van der Waals surface area (Å²) in [6.07, 6.45) is 3.51. The van der Waals surface area contributed by atoms with Crippen LogP contribution in [0.4, 0.5) is 20.2 Å². The molecule has 1 fully saturated rings. The van der Waals surface area contributed by atoms with Gasteiger partial charge in [0.1, 0.15) is 0 Å². The monoisotopic (exact) mass is 423 g/mol. The summed E-state index contributed by atoms with van der Waals surface area (Å²) < 4.78 is 52.5. The first-order chi connectivity index (χ1) is 13.8. The molecule has 0 aromatic heterocycles. The van der Waals surface area contributed by atoms with Gasteiger partial charge in [-0.15, -0.1) is 0 Å². The third-order valence-corrected chi connectivity index (χ3v) is 6.18. The fourth-order valence-electron chi connectivity index (χ4n) is 3.16. The Kier molecular flexibility index (Phi) is 6.81. The maximum absolute atomic E-state index is 13.2. The Bertz CT molecular complexity index is 959. The van der Waals surface area contributed by atoms with Gasteiger partial charge in [-0.2, -0.15) is 0 Å². The van der Waals surface area contributed by atoms with Crippen LogP contribution in [0.1, 0.15) is 25.7 Å². The molecule has 2 aromatic rings. The van der Waals surface area contributed by atoms with E-state index in [0.29, 0.717) is 11.8 Å². The Morgan fingerprint density at radius 3 is 2.31 bits per heavy atom. The highest BCUT2D eigenvalue weighted by Crippen LogP contribution is 2.22. The van der Waals surface area contributed by atoms with Crippen molar-refractivity contribution in [3.05, 3.63) is 54.1 Å². The number of hydrogen-bond donors (Lipinski definition) is 2. The standard InChI is InChI=1S/C20H23F2N3O3S/c21-18-9-8-17(14-19(18)22)29(27,28)23-11-10-20(26)24-15-4-6-16(7-5-15)25-12-2-1-3-13-25/h4-9,14,23H,1-3,10-13H2,(H,24,26). The van der Waals surface area contributed by atoms with Crippen LogP contribution in [-0.2, 0) is 14.8 Å². The summed E-state index contributed by atoms with van der Waals surface area (Å²) in [7, 11) is -4.03. The number of carbonyl (C=O) groups excluding carboxylic acids is 1. The van der Waals surface area contributed by atoms with Gasteiger partial charge in [-0.05, 0) is 61.7 Å². The minimum absolute atomic E-state index is 0.100. The van der Waals surface area contributed by atoms with Gasteiger partial charge in [0, 0.05) is 37.4 Å². The molecule has 0 atom stereocenters. The second kappa shape index (κ2) is 9.32. The molecule has 1 saturated heterocycles. The Morgan fingerprint density at radius 2 is 1.66 bits per heavy atom. The molecule has 29 heavy (non-hydrogen) atoms. The molecule has 2 aromatic carbocycles. The van der Waals surface area contributed by atoms with Crippen LogP contribution in [0.5, 0.6) is 0 Å². The molecule has 9 heteroatoms. The third-order valence-electron chi connectivity index (χ3n) is 4.72. The zero-order valence-corrected chi connectivity index (χ0v) is 16.6. The number of anilines is 2. The number of piperidine rings is 1. The van der Waals surface area contributed by atoms with Crippen LogP contribution in [-0.4, -0.2) is 34.0 Å². The third kappa shape index (κ3) is 5.74. The van der Waals surface area contributed by atoms with Gasteiger partial charge in [0.15, 0.2) is 11.6 Å². The van der Waals surface area contributed by atoms with Crippen molar-refractivity contribution in [2.24, 2.45) is 0 Å². The number of sulfonamides is 1. The van der Waals surface area contributed by atoms with E-state index >= 15 is 0 Å². The van der Waals surface area contributed by atoms with E-state index < -0.39 is 26.6 Å². The number of hydrogen-bond acceptors (Lipinski definition) is 4. The highest BCUT2D eigenvalue weighted by Gasteiger charge is 2.17. The van der Waals surface area contributed by atoms with Crippen molar-refractivity contribution in [3.63, 3.8) is 0 Å². The SMILES string of the molecule is O=C(CCNS(=O)(=O)c1ccc(F)c(F)c1)Nc1ccc(N2CCCCC2)cc1. The molecule has 0 radical (unpaired) electrons. The molecular formula is C20H23F2N3O3S. The van der Waals surface area contributed by atoms with Crippen molar-refractivity contribution >= 4 is 27.3 Å². The molecule has 0 saturated carbocycles. The van der Waals surface area contributed by atoms with Crippen LogP contribution >= 0.6 is 0 Å². The Hall–Kier alpha value is -2.52. The maximum atomic E-state index is 13.2. The van der Waals surface area contributed by atoms with Gasteiger partial charge in [-0.25, -0.2) is 21.9 Å². The van der Waals surface area contributed by atoms with Crippen molar-refractivity contribution in [2.45, 2.75) is 30.6 Å². The van der Waals surface area contributed by atoms with Gasteiger partial charge < -0.3 is 10.2 Å². The average Bonchev–Trinajstić information content (AvgIpc) is 2.71. The molecule has 2 N–H and O–H groups in total. The molecule has 0 unspecified atom stereocenters. The number of nitrogens with one attached hydrogen (secondary N) is 2. The molecule has 3 rings (SSSR count). The predicted molar refractivity (Wildman–Crippen MR) is 107 cm³/mol. The molecule has 1 heterocycles. The lowest BCUT2D eigenvalue weighted by Crippen LogP contribution is -2.29. The second-order valence-corrected chi connectivity index (χ2v) is 8.63. The number of rotatable bonds is 7. The van der Waals surface area contributed by atoms with Crippen molar-refractivity contribution in [2.75, 3.05) is 29.9 Å². The van der Waals surface area contributed by atoms with Crippen molar-refractivity contribution in [1.82, 2.24) is 4.72 Å².